The number of aldehydes is 1. The lowest BCUT2D eigenvalue weighted by Gasteiger charge is -2.58. The number of aliphatic carboxylic acids is 1. The van der Waals surface area contributed by atoms with E-state index in [2.05, 4.69) is 86.0 Å². The van der Waals surface area contributed by atoms with Crippen molar-refractivity contribution in [2.24, 2.45) is 5.41 Å². The number of nitrogens with zero attached hydrogens (tertiary/aromatic N) is 2. The monoisotopic (exact) mass is 642 g/mol. The zero-order valence-electron chi connectivity index (χ0n) is 30.6. The van der Waals surface area contributed by atoms with Crippen LogP contribution in [-0.4, -0.2) is 101 Å². The molecule has 0 aromatic rings. The summed E-state index contributed by atoms with van der Waals surface area (Å²) in [5.41, 5.74) is 0.416. The molecular weight excluding hydrogens is 576 g/mol. The Morgan fingerprint density at radius 3 is 1.87 bits per heavy atom. The third kappa shape index (κ3) is 16.4. The standard InChI is InChI=1S/C17H31NO3.C15H27NO5.C3H8/c1-15(2)12-16(3,4)18(17(5,6)13-15)9-11-21-14(20)8-7-10-19;1-11-9-12(21-14(19)6-5-13(17)18)10-15(2,3)16(11)7-8-20-4;1-3-2/h10H,7-9,11-13H2,1-6H3;11-12H,5-10H2,1-4H3,(H,17,18);3H2,1-2H3. The summed E-state index contributed by atoms with van der Waals surface area (Å²) in [4.78, 5) is 48.7. The van der Waals surface area contributed by atoms with Gasteiger partial charge in [-0.1, -0.05) is 34.1 Å². The Bertz CT molecular complexity index is 895. The highest BCUT2D eigenvalue weighted by atomic mass is 16.5. The minimum Gasteiger partial charge on any atom is -0.481 e. The summed E-state index contributed by atoms with van der Waals surface area (Å²) in [5, 5.41) is 8.58. The van der Waals surface area contributed by atoms with Crippen LogP contribution in [0.2, 0.25) is 0 Å². The van der Waals surface area contributed by atoms with Gasteiger partial charge in [-0.2, -0.15) is 0 Å². The first-order valence-electron chi connectivity index (χ1n) is 16.7. The molecule has 10 nitrogen and oxygen atoms in total. The SMILES string of the molecule is CC1(C)CC(C)(C)N(CCOC(=O)CCC=O)C(C)(C)C1.CCC.COCCN1C(C)CC(OC(=O)CCC(=O)O)CC1(C)C. The maximum Gasteiger partial charge on any atom is 0.306 e. The predicted molar refractivity (Wildman–Crippen MR) is 178 cm³/mol. The Morgan fingerprint density at radius 1 is 0.844 bits per heavy atom. The predicted octanol–water partition coefficient (Wildman–Crippen LogP) is 6.28. The van der Waals surface area contributed by atoms with E-state index >= 15 is 0 Å². The molecule has 45 heavy (non-hydrogen) atoms. The number of piperidine rings is 2. The number of ether oxygens (including phenoxy) is 3. The number of carbonyl (C=O) groups excluding carboxylic acids is 3. The molecule has 0 aromatic heterocycles. The smallest absolute Gasteiger partial charge is 0.306 e. The third-order valence-electron chi connectivity index (χ3n) is 8.35. The van der Waals surface area contributed by atoms with Gasteiger partial charge in [-0.3, -0.25) is 24.2 Å². The second kappa shape index (κ2) is 19.6. The Hall–Kier alpha value is -2.04. The molecule has 0 aromatic carbocycles. The number of methoxy groups -OCH3 is 1. The topological polar surface area (TPSA) is 123 Å². The van der Waals surface area contributed by atoms with E-state index < -0.39 is 11.9 Å². The summed E-state index contributed by atoms with van der Waals surface area (Å²) in [6, 6.07) is 0.293. The van der Waals surface area contributed by atoms with Gasteiger partial charge in [0.15, 0.2) is 0 Å². The molecule has 10 heteroatoms. The molecule has 2 heterocycles. The van der Waals surface area contributed by atoms with Crippen LogP contribution in [0, 0.1) is 5.41 Å². The van der Waals surface area contributed by atoms with Crippen LogP contribution in [0.5, 0.6) is 0 Å². The lowest BCUT2D eigenvalue weighted by Crippen LogP contribution is -2.63. The number of hydrogen-bond acceptors (Lipinski definition) is 9. The molecule has 2 saturated heterocycles. The van der Waals surface area contributed by atoms with Crippen molar-refractivity contribution in [1.82, 2.24) is 9.80 Å². The van der Waals surface area contributed by atoms with Crippen LogP contribution < -0.4 is 0 Å². The molecule has 1 N–H and O–H groups in total. The highest BCUT2D eigenvalue weighted by Gasteiger charge is 2.48. The van der Waals surface area contributed by atoms with Crippen LogP contribution in [0.1, 0.15) is 134 Å². The molecule has 2 atom stereocenters. The summed E-state index contributed by atoms with van der Waals surface area (Å²) >= 11 is 0. The van der Waals surface area contributed by atoms with Gasteiger partial charge in [-0.25, -0.2) is 0 Å². The van der Waals surface area contributed by atoms with Crippen molar-refractivity contribution in [3.63, 3.8) is 0 Å². The van der Waals surface area contributed by atoms with Crippen molar-refractivity contribution in [3.8, 4) is 0 Å². The first kappa shape index (κ1) is 43.0. The number of likely N-dealkylation sites (tertiary alicyclic amines) is 2. The second-order valence-corrected chi connectivity index (χ2v) is 15.2. The minimum atomic E-state index is -0.977. The van der Waals surface area contributed by atoms with E-state index in [4.69, 9.17) is 19.3 Å². The van der Waals surface area contributed by atoms with E-state index in [0.29, 0.717) is 24.7 Å². The Kier molecular flexibility index (Phi) is 18.7. The number of rotatable bonds is 13. The van der Waals surface area contributed by atoms with Crippen LogP contribution in [0.15, 0.2) is 0 Å². The Morgan fingerprint density at radius 2 is 1.40 bits per heavy atom. The van der Waals surface area contributed by atoms with Gasteiger partial charge >= 0.3 is 17.9 Å². The van der Waals surface area contributed by atoms with Crippen molar-refractivity contribution >= 4 is 24.2 Å². The number of esters is 2. The zero-order chi connectivity index (χ0) is 35.1. The van der Waals surface area contributed by atoms with E-state index in [9.17, 15) is 19.2 Å². The van der Waals surface area contributed by atoms with Crippen LogP contribution in [0.25, 0.3) is 0 Å². The maximum absolute atomic E-state index is 11.7. The summed E-state index contributed by atoms with van der Waals surface area (Å²) < 4.78 is 15.8. The summed E-state index contributed by atoms with van der Waals surface area (Å²) in [5.74, 6) is -1.68. The van der Waals surface area contributed by atoms with Crippen LogP contribution in [0.3, 0.4) is 0 Å². The largest absolute Gasteiger partial charge is 0.481 e. The molecule has 2 aliphatic heterocycles. The van der Waals surface area contributed by atoms with E-state index in [1.54, 1.807) is 7.11 Å². The van der Waals surface area contributed by atoms with Crippen molar-refractivity contribution < 1.29 is 38.5 Å². The highest BCUT2D eigenvalue weighted by molar-refractivity contribution is 5.76. The first-order valence-corrected chi connectivity index (χ1v) is 16.7. The zero-order valence-corrected chi connectivity index (χ0v) is 30.6. The molecule has 0 saturated carbocycles. The van der Waals surface area contributed by atoms with E-state index in [1.165, 1.54) is 6.42 Å². The van der Waals surface area contributed by atoms with Gasteiger partial charge in [0.1, 0.15) is 19.0 Å². The number of carboxylic acids is 1. The molecule has 0 amide bonds. The van der Waals surface area contributed by atoms with Gasteiger partial charge in [0.2, 0.25) is 0 Å². The van der Waals surface area contributed by atoms with Gasteiger partial charge in [-0.15, -0.1) is 0 Å². The van der Waals surface area contributed by atoms with Gasteiger partial charge < -0.3 is 24.1 Å². The fourth-order valence-corrected chi connectivity index (χ4v) is 7.64. The van der Waals surface area contributed by atoms with Gasteiger partial charge in [0.05, 0.1) is 25.9 Å². The summed E-state index contributed by atoms with van der Waals surface area (Å²) in [6.45, 7) is 27.0. The van der Waals surface area contributed by atoms with Crippen molar-refractivity contribution in [2.75, 3.05) is 33.4 Å². The lowest BCUT2D eigenvalue weighted by atomic mass is 9.66. The maximum atomic E-state index is 11.7. The molecule has 2 fully saturated rings. The van der Waals surface area contributed by atoms with Crippen molar-refractivity contribution in [3.05, 3.63) is 0 Å². The Labute approximate surface area is 273 Å². The normalized spacial score (nSPS) is 23.3. The number of hydrogen-bond donors (Lipinski definition) is 1. The summed E-state index contributed by atoms with van der Waals surface area (Å²) in [7, 11) is 1.69. The molecule has 0 aliphatic carbocycles. The highest BCUT2D eigenvalue weighted by Crippen LogP contribution is 2.47. The molecule has 264 valence electrons. The number of carboxylic acid groups (broad SMARTS) is 1. The van der Waals surface area contributed by atoms with Gasteiger partial charge in [0, 0.05) is 55.7 Å². The van der Waals surface area contributed by atoms with Crippen LogP contribution >= 0.6 is 0 Å². The summed E-state index contributed by atoms with van der Waals surface area (Å²) in [6.07, 6.45) is 5.82. The van der Waals surface area contributed by atoms with Crippen LogP contribution in [0.4, 0.5) is 0 Å². The fourth-order valence-electron chi connectivity index (χ4n) is 7.64. The van der Waals surface area contributed by atoms with Crippen molar-refractivity contribution in [2.45, 2.75) is 163 Å². The van der Waals surface area contributed by atoms with Crippen LogP contribution in [-0.2, 0) is 33.4 Å². The third-order valence-corrected chi connectivity index (χ3v) is 8.35. The molecule has 2 unspecified atom stereocenters. The molecule has 0 bridgehead atoms. The molecule has 0 radical (unpaired) electrons. The molecular formula is C35H66N2O8. The average Bonchev–Trinajstić information content (AvgIpc) is 2.86. The lowest BCUT2D eigenvalue weighted by molar-refractivity contribution is -0.158. The molecule has 2 aliphatic rings. The molecule has 2 rings (SSSR count). The fraction of sp³-hybridized carbons (Fsp3) is 0.886. The van der Waals surface area contributed by atoms with E-state index in [0.717, 1.165) is 45.1 Å². The first-order chi connectivity index (χ1) is 20.7. The average molecular weight is 643 g/mol. The minimum absolute atomic E-state index is 0.0615. The van der Waals surface area contributed by atoms with Gasteiger partial charge in [0.25, 0.3) is 0 Å². The second-order valence-electron chi connectivity index (χ2n) is 15.2. The van der Waals surface area contributed by atoms with E-state index in [1.807, 2.05) is 0 Å². The van der Waals surface area contributed by atoms with Gasteiger partial charge in [-0.05, 0) is 73.1 Å². The van der Waals surface area contributed by atoms with E-state index in [-0.39, 0.29) is 54.4 Å². The molecule has 0 spiro atoms. The van der Waals surface area contributed by atoms with Crippen molar-refractivity contribution in [1.29, 1.82) is 0 Å². The number of carbonyl (C=O) groups is 4. The quantitative estimate of drug-likeness (QED) is 0.181. The Balaban J connectivity index is 0.000000791.